The first-order valence-corrected chi connectivity index (χ1v) is 8.71. The molecule has 2 atom stereocenters. The number of aromatic nitrogens is 3. The maximum atomic E-state index is 12.5. The van der Waals surface area contributed by atoms with Crippen molar-refractivity contribution in [2.45, 2.75) is 43.1 Å². The van der Waals surface area contributed by atoms with Gasteiger partial charge in [-0.1, -0.05) is 11.8 Å². The highest BCUT2D eigenvalue weighted by Crippen LogP contribution is 2.22. The molecular weight excluding hydrogens is 332 g/mol. The lowest BCUT2D eigenvalue weighted by molar-refractivity contribution is -0.0394. The van der Waals surface area contributed by atoms with E-state index in [-0.39, 0.29) is 30.4 Å². The van der Waals surface area contributed by atoms with E-state index in [9.17, 15) is 9.90 Å². The van der Waals surface area contributed by atoms with Crippen LogP contribution in [0, 0.1) is 0 Å². The van der Waals surface area contributed by atoms with E-state index >= 15 is 0 Å². The van der Waals surface area contributed by atoms with Gasteiger partial charge in [-0.2, -0.15) is 5.10 Å². The summed E-state index contributed by atoms with van der Waals surface area (Å²) >= 11 is 1.44. The van der Waals surface area contributed by atoms with Gasteiger partial charge in [0.2, 0.25) is 0 Å². The fraction of sp³-hybridized carbons (Fsp3) is 0.533. The largest absolute Gasteiger partial charge is 0.455 e. The second kappa shape index (κ2) is 7.37. The molecule has 9 heteroatoms. The minimum atomic E-state index is -0.673. The van der Waals surface area contributed by atoms with Crippen LogP contribution in [-0.4, -0.2) is 62.5 Å². The first kappa shape index (κ1) is 17.0. The highest BCUT2D eigenvalue weighted by Gasteiger charge is 2.36. The third-order valence-corrected chi connectivity index (χ3v) is 4.49. The van der Waals surface area contributed by atoms with Gasteiger partial charge in [0.05, 0.1) is 24.5 Å². The first-order chi connectivity index (χ1) is 11.5. The van der Waals surface area contributed by atoms with Crippen molar-refractivity contribution in [2.24, 2.45) is 0 Å². The number of ether oxygens (including phenoxy) is 1. The quantitative estimate of drug-likeness (QED) is 0.755. The SMILES string of the molecule is CC(C)O[C@@H]1CN(C(=O)c2ccc(CSc3ncn[nH]3)o2)C[C@H]1O. The lowest BCUT2D eigenvalue weighted by Crippen LogP contribution is -2.30. The average molecular weight is 352 g/mol. The molecule has 0 radical (unpaired) electrons. The molecule has 8 nitrogen and oxygen atoms in total. The number of β-amino-alcohol motifs (C(OH)–C–C–N with tert-alkyl or cyclic N) is 1. The number of thioether (sulfide) groups is 1. The molecule has 0 spiro atoms. The molecule has 1 fully saturated rings. The Morgan fingerprint density at radius 2 is 2.38 bits per heavy atom. The second-order valence-electron chi connectivity index (χ2n) is 5.85. The van der Waals surface area contributed by atoms with Crippen molar-refractivity contribution in [2.75, 3.05) is 13.1 Å². The van der Waals surface area contributed by atoms with E-state index < -0.39 is 6.10 Å². The molecule has 2 N–H and O–H groups in total. The summed E-state index contributed by atoms with van der Waals surface area (Å²) in [6.45, 7) is 4.42. The van der Waals surface area contributed by atoms with Crippen LogP contribution in [0.5, 0.6) is 0 Å². The molecule has 24 heavy (non-hydrogen) atoms. The van der Waals surface area contributed by atoms with Crippen LogP contribution >= 0.6 is 11.8 Å². The van der Waals surface area contributed by atoms with Gasteiger partial charge in [-0.25, -0.2) is 4.98 Å². The number of rotatable bonds is 6. The molecule has 3 rings (SSSR count). The number of hydrogen-bond donors (Lipinski definition) is 2. The van der Waals surface area contributed by atoms with Crippen LogP contribution in [0.25, 0.3) is 0 Å². The zero-order chi connectivity index (χ0) is 17.1. The van der Waals surface area contributed by atoms with Crippen molar-refractivity contribution >= 4 is 17.7 Å². The molecule has 130 valence electrons. The number of carbonyl (C=O) groups is 1. The third-order valence-electron chi connectivity index (χ3n) is 3.59. The molecule has 0 bridgehead atoms. The number of hydrogen-bond acceptors (Lipinski definition) is 7. The number of H-pyrrole nitrogens is 1. The monoisotopic (exact) mass is 352 g/mol. The van der Waals surface area contributed by atoms with Crippen molar-refractivity contribution in [3.8, 4) is 0 Å². The Balaban J connectivity index is 1.57. The van der Waals surface area contributed by atoms with E-state index in [1.807, 2.05) is 13.8 Å². The number of carbonyl (C=O) groups excluding carboxylic acids is 1. The van der Waals surface area contributed by atoms with Crippen LogP contribution in [0.2, 0.25) is 0 Å². The summed E-state index contributed by atoms with van der Waals surface area (Å²) in [6.07, 6.45) is 0.412. The average Bonchev–Trinajstić information content (AvgIpc) is 3.26. The van der Waals surface area contributed by atoms with Gasteiger partial charge in [0.1, 0.15) is 18.2 Å². The van der Waals surface area contributed by atoms with Gasteiger partial charge in [0.25, 0.3) is 5.91 Å². The Hall–Kier alpha value is -1.84. The molecule has 0 unspecified atom stereocenters. The fourth-order valence-corrected chi connectivity index (χ4v) is 3.21. The van der Waals surface area contributed by atoms with E-state index in [4.69, 9.17) is 9.15 Å². The lowest BCUT2D eigenvalue weighted by atomic mass is 10.2. The van der Waals surface area contributed by atoms with Gasteiger partial charge < -0.3 is 19.2 Å². The molecule has 1 aliphatic rings. The zero-order valence-electron chi connectivity index (χ0n) is 13.5. The number of nitrogens with one attached hydrogen (secondary N) is 1. The van der Waals surface area contributed by atoms with Gasteiger partial charge in [-0.3, -0.25) is 9.89 Å². The molecule has 0 aromatic carbocycles. The van der Waals surface area contributed by atoms with Gasteiger partial charge in [-0.15, -0.1) is 0 Å². The van der Waals surface area contributed by atoms with Crippen LogP contribution in [0.4, 0.5) is 0 Å². The Morgan fingerprint density at radius 3 is 3.08 bits per heavy atom. The zero-order valence-corrected chi connectivity index (χ0v) is 14.3. The summed E-state index contributed by atoms with van der Waals surface area (Å²) in [5, 5.41) is 17.2. The number of likely N-dealkylation sites (tertiary alicyclic amines) is 1. The minimum Gasteiger partial charge on any atom is -0.455 e. The van der Waals surface area contributed by atoms with Crippen molar-refractivity contribution in [1.82, 2.24) is 20.1 Å². The Kier molecular flexibility index (Phi) is 5.22. The van der Waals surface area contributed by atoms with Crippen molar-refractivity contribution < 1.29 is 19.1 Å². The van der Waals surface area contributed by atoms with Crippen LogP contribution in [0.1, 0.15) is 30.2 Å². The van der Waals surface area contributed by atoms with Gasteiger partial charge >= 0.3 is 0 Å². The molecule has 0 aliphatic carbocycles. The fourth-order valence-electron chi connectivity index (χ4n) is 2.54. The minimum absolute atomic E-state index is 0.00281. The highest BCUT2D eigenvalue weighted by molar-refractivity contribution is 7.98. The van der Waals surface area contributed by atoms with E-state index in [1.165, 1.54) is 18.1 Å². The summed E-state index contributed by atoms with van der Waals surface area (Å²) in [7, 11) is 0. The molecule has 1 saturated heterocycles. The van der Waals surface area contributed by atoms with Crippen molar-refractivity contribution in [1.29, 1.82) is 0 Å². The molecular formula is C15H20N4O4S. The maximum Gasteiger partial charge on any atom is 0.289 e. The summed E-state index contributed by atoms with van der Waals surface area (Å²) in [5.74, 6) is 1.25. The Bertz CT molecular complexity index is 673. The van der Waals surface area contributed by atoms with E-state index in [0.717, 1.165) is 0 Å². The predicted octanol–water partition coefficient (Wildman–Crippen LogP) is 1.30. The van der Waals surface area contributed by atoms with Crippen LogP contribution in [0.15, 0.2) is 28.0 Å². The number of aliphatic hydroxyl groups excluding tert-OH is 1. The molecule has 1 amide bonds. The van der Waals surface area contributed by atoms with Crippen LogP contribution in [0.3, 0.4) is 0 Å². The molecule has 1 aliphatic heterocycles. The summed E-state index contributed by atoms with van der Waals surface area (Å²) < 4.78 is 11.2. The summed E-state index contributed by atoms with van der Waals surface area (Å²) in [6, 6.07) is 3.42. The van der Waals surface area contributed by atoms with Crippen LogP contribution < -0.4 is 0 Å². The second-order valence-corrected chi connectivity index (χ2v) is 6.81. The Morgan fingerprint density at radius 1 is 1.54 bits per heavy atom. The van der Waals surface area contributed by atoms with Crippen molar-refractivity contribution in [3.63, 3.8) is 0 Å². The molecule has 2 aromatic rings. The van der Waals surface area contributed by atoms with Crippen LogP contribution in [-0.2, 0) is 10.5 Å². The van der Waals surface area contributed by atoms with E-state index in [2.05, 4.69) is 15.2 Å². The number of aliphatic hydroxyl groups is 1. The number of aromatic amines is 1. The molecule has 2 aromatic heterocycles. The lowest BCUT2D eigenvalue weighted by Gasteiger charge is -2.17. The van der Waals surface area contributed by atoms with Gasteiger partial charge in [0.15, 0.2) is 10.9 Å². The van der Waals surface area contributed by atoms with E-state index in [0.29, 0.717) is 23.2 Å². The van der Waals surface area contributed by atoms with Crippen molar-refractivity contribution in [3.05, 3.63) is 30.0 Å². The Labute approximate surface area is 143 Å². The standard InChI is InChI=1S/C15H20N4O4S/c1-9(2)22-13-6-19(5-11(13)20)14(21)12-4-3-10(23-12)7-24-15-16-8-17-18-15/h3-4,8-9,11,13,20H,5-7H2,1-2H3,(H,16,17,18)/t11-,13-/m1/s1. The number of amides is 1. The maximum absolute atomic E-state index is 12.5. The highest BCUT2D eigenvalue weighted by atomic mass is 32.2. The third kappa shape index (κ3) is 3.97. The molecule has 3 heterocycles. The topological polar surface area (TPSA) is 104 Å². The number of furan rings is 1. The van der Waals surface area contributed by atoms with E-state index in [1.54, 1.807) is 17.0 Å². The van der Waals surface area contributed by atoms with Gasteiger partial charge in [0, 0.05) is 6.54 Å². The normalized spacial score (nSPS) is 20.9. The summed E-state index contributed by atoms with van der Waals surface area (Å²) in [4.78, 5) is 18.1. The smallest absolute Gasteiger partial charge is 0.289 e. The number of nitrogens with zero attached hydrogens (tertiary/aromatic N) is 3. The molecule has 0 saturated carbocycles. The predicted molar refractivity (Wildman–Crippen MR) is 86.6 cm³/mol. The van der Waals surface area contributed by atoms with Gasteiger partial charge in [-0.05, 0) is 26.0 Å². The first-order valence-electron chi connectivity index (χ1n) is 7.72. The summed E-state index contributed by atoms with van der Waals surface area (Å²) in [5.41, 5.74) is 0.